The summed E-state index contributed by atoms with van der Waals surface area (Å²) in [4.78, 5) is 0. The van der Waals surface area contributed by atoms with E-state index in [2.05, 4.69) is 15.5 Å². The maximum Gasteiger partial charge on any atom is 0.0672 e. The number of rotatable bonds is 7. The molecule has 0 radical (unpaired) electrons. The van der Waals surface area contributed by atoms with Gasteiger partial charge in [0.15, 0.2) is 0 Å². The number of hydrogen-bond donors (Lipinski definition) is 3. The first-order valence-electron chi connectivity index (χ1n) is 6.87. The van der Waals surface area contributed by atoms with E-state index in [9.17, 15) is 0 Å². The van der Waals surface area contributed by atoms with Crippen molar-refractivity contribution >= 4 is 22.3 Å². The van der Waals surface area contributed by atoms with Crippen LogP contribution in [0.1, 0.15) is 19.3 Å². The van der Waals surface area contributed by atoms with E-state index in [1.54, 1.807) is 6.20 Å². The molecule has 0 aliphatic heterocycles. The molecule has 0 amide bonds. The summed E-state index contributed by atoms with van der Waals surface area (Å²) in [6.45, 7) is 2.62. The molecule has 102 valence electrons. The van der Waals surface area contributed by atoms with Gasteiger partial charge < -0.3 is 15.8 Å². The average molecular weight is 260 g/mol. The second-order valence-electron chi connectivity index (χ2n) is 5.20. The standard InChI is InChI=1S/C14H20N4O/c15-12-6-11-8-17-18-13(11)7-14(12)16-4-1-5-19-9-10-2-3-10/h6-8,10,16H,1-5,9,15H2,(H,17,18). The Morgan fingerprint density at radius 3 is 3.16 bits per heavy atom. The lowest BCUT2D eigenvalue weighted by atomic mass is 10.2. The second kappa shape index (κ2) is 5.48. The first-order valence-corrected chi connectivity index (χ1v) is 6.87. The van der Waals surface area contributed by atoms with Crippen molar-refractivity contribution < 1.29 is 4.74 Å². The lowest BCUT2D eigenvalue weighted by Crippen LogP contribution is -2.08. The van der Waals surface area contributed by atoms with Crippen LogP contribution in [0.3, 0.4) is 0 Å². The van der Waals surface area contributed by atoms with Crippen molar-refractivity contribution in [2.24, 2.45) is 5.92 Å². The van der Waals surface area contributed by atoms with Crippen LogP contribution in [0.25, 0.3) is 10.9 Å². The van der Waals surface area contributed by atoms with Crippen molar-refractivity contribution in [3.63, 3.8) is 0 Å². The Hall–Kier alpha value is -1.75. The molecule has 0 atom stereocenters. The number of hydrogen-bond acceptors (Lipinski definition) is 4. The summed E-state index contributed by atoms with van der Waals surface area (Å²) < 4.78 is 5.60. The molecule has 1 aliphatic carbocycles. The summed E-state index contributed by atoms with van der Waals surface area (Å²) in [5, 5.41) is 11.3. The van der Waals surface area contributed by atoms with Gasteiger partial charge in [-0.3, -0.25) is 5.10 Å². The minimum atomic E-state index is 0.757. The maximum atomic E-state index is 6.00. The van der Waals surface area contributed by atoms with Gasteiger partial charge in [-0.2, -0.15) is 5.10 Å². The van der Waals surface area contributed by atoms with E-state index in [-0.39, 0.29) is 0 Å². The Kier molecular flexibility index (Phi) is 3.55. The molecule has 0 saturated heterocycles. The molecular formula is C14H20N4O. The van der Waals surface area contributed by atoms with Crippen LogP contribution in [-0.2, 0) is 4.74 Å². The van der Waals surface area contributed by atoms with E-state index >= 15 is 0 Å². The zero-order chi connectivity index (χ0) is 13.1. The number of nitrogens with zero attached hydrogens (tertiary/aromatic N) is 1. The van der Waals surface area contributed by atoms with Gasteiger partial charge in [-0.1, -0.05) is 0 Å². The quantitative estimate of drug-likeness (QED) is 0.527. The van der Waals surface area contributed by atoms with Crippen molar-refractivity contribution in [2.75, 3.05) is 30.8 Å². The molecule has 1 aromatic carbocycles. The molecule has 5 nitrogen and oxygen atoms in total. The molecule has 5 heteroatoms. The predicted molar refractivity (Wildman–Crippen MR) is 77.2 cm³/mol. The highest BCUT2D eigenvalue weighted by atomic mass is 16.5. The highest BCUT2D eigenvalue weighted by Gasteiger charge is 2.20. The van der Waals surface area contributed by atoms with Gasteiger partial charge in [0.1, 0.15) is 0 Å². The van der Waals surface area contributed by atoms with Crippen LogP contribution in [-0.4, -0.2) is 30.0 Å². The van der Waals surface area contributed by atoms with Crippen LogP contribution in [0.5, 0.6) is 0 Å². The number of benzene rings is 1. The van der Waals surface area contributed by atoms with E-state index in [4.69, 9.17) is 10.5 Å². The zero-order valence-corrected chi connectivity index (χ0v) is 11.0. The molecule has 2 aromatic rings. The van der Waals surface area contributed by atoms with Crippen molar-refractivity contribution in [3.8, 4) is 0 Å². The van der Waals surface area contributed by atoms with Crippen LogP contribution < -0.4 is 11.1 Å². The smallest absolute Gasteiger partial charge is 0.0672 e. The average Bonchev–Trinajstić information content (AvgIpc) is 3.12. The molecule has 3 rings (SSSR count). The molecular weight excluding hydrogens is 240 g/mol. The lowest BCUT2D eigenvalue weighted by Gasteiger charge is -2.09. The van der Waals surface area contributed by atoms with Gasteiger partial charge in [0.25, 0.3) is 0 Å². The normalized spacial score (nSPS) is 14.9. The SMILES string of the molecule is Nc1cc2cn[nH]c2cc1NCCCOCC1CC1. The van der Waals surface area contributed by atoms with Gasteiger partial charge in [-0.15, -0.1) is 0 Å². The van der Waals surface area contributed by atoms with Gasteiger partial charge in [0, 0.05) is 25.1 Å². The van der Waals surface area contributed by atoms with E-state index in [0.29, 0.717) is 0 Å². The molecule has 0 unspecified atom stereocenters. The number of nitrogens with one attached hydrogen (secondary N) is 2. The zero-order valence-electron chi connectivity index (χ0n) is 11.0. The predicted octanol–water partition coefficient (Wildman–Crippen LogP) is 2.37. The molecule has 1 saturated carbocycles. The van der Waals surface area contributed by atoms with E-state index in [1.165, 1.54) is 12.8 Å². The first kappa shape index (κ1) is 12.3. The Morgan fingerprint density at radius 1 is 1.42 bits per heavy atom. The first-order chi connectivity index (χ1) is 9.33. The van der Waals surface area contributed by atoms with Crippen molar-refractivity contribution in [3.05, 3.63) is 18.3 Å². The van der Waals surface area contributed by atoms with Crippen LogP contribution in [0, 0.1) is 5.92 Å². The second-order valence-corrected chi connectivity index (χ2v) is 5.20. The summed E-state index contributed by atoms with van der Waals surface area (Å²) in [5.74, 6) is 0.839. The van der Waals surface area contributed by atoms with Crippen molar-refractivity contribution in [2.45, 2.75) is 19.3 Å². The topological polar surface area (TPSA) is 76.0 Å². The highest BCUT2D eigenvalue weighted by molar-refractivity contribution is 5.88. The van der Waals surface area contributed by atoms with E-state index in [0.717, 1.165) is 54.4 Å². The highest BCUT2D eigenvalue weighted by Crippen LogP contribution is 2.28. The fourth-order valence-electron chi connectivity index (χ4n) is 2.09. The number of aromatic nitrogens is 2. The number of nitrogen functional groups attached to an aromatic ring is 1. The van der Waals surface area contributed by atoms with Crippen LogP contribution in [0.4, 0.5) is 11.4 Å². The molecule has 1 aliphatic rings. The van der Waals surface area contributed by atoms with Gasteiger partial charge in [0.05, 0.1) is 23.1 Å². The van der Waals surface area contributed by atoms with Crippen LogP contribution in [0.15, 0.2) is 18.3 Å². The minimum Gasteiger partial charge on any atom is -0.397 e. The van der Waals surface area contributed by atoms with E-state index in [1.807, 2.05) is 12.1 Å². The number of nitrogens with two attached hydrogens (primary N) is 1. The van der Waals surface area contributed by atoms with Crippen molar-refractivity contribution in [1.29, 1.82) is 0 Å². The van der Waals surface area contributed by atoms with Gasteiger partial charge in [0.2, 0.25) is 0 Å². The molecule has 1 heterocycles. The third kappa shape index (κ3) is 3.17. The lowest BCUT2D eigenvalue weighted by molar-refractivity contribution is 0.124. The number of anilines is 2. The Labute approximate surface area is 112 Å². The number of H-pyrrole nitrogens is 1. The molecule has 1 fully saturated rings. The van der Waals surface area contributed by atoms with Crippen molar-refractivity contribution in [1.82, 2.24) is 10.2 Å². The maximum absolute atomic E-state index is 6.00. The summed E-state index contributed by atoms with van der Waals surface area (Å²) in [7, 11) is 0. The van der Waals surface area contributed by atoms with Crippen LogP contribution in [0.2, 0.25) is 0 Å². The summed E-state index contributed by atoms with van der Waals surface area (Å²) >= 11 is 0. The minimum absolute atomic E-state index is 0.757. The Morgan fingerprint density at radius 2 is 2.32 bits per heavy atom. The van der Waals surface area contributed by atoms with Gasteiger partial charge in [-0.05, 0) is 37.3 Å². The summed E-state index contributed by atoms with van der Waals surface area (Å²) in [6.07, 6.45) is 5.46. The molecule has 1 aromatic heterocycles. The summed E-state index contributed by atoms with van der Waals surface area (Å²) in [6, 6.07) is 3.94. The number of fused-ring (bicyclic) bond motifs is 1. The molecule has 0 spiro atoms. The fraction of sp³-hybridized carbons (Fsp3) is 0.500. The van der Waals surface area contributed by atoms with Gasteiger partial charge >= 0.3 is 0 Å². The number of ether oxygens (including phenoxy) is 1. The molecule has 4 N–H and O–H groups in total. The summed E-state index contributed by atoms with van der Waals surface area (Å²) in [5.41, 5.74) is 8.72. The molecule has 0 bridgehead atoms. The third-order valence-electron chi connectivity index (χ3n) is 3.44. The van der Waals surface area contributed by atoms with E-state index < -0.39 is 0 Å². The Balaban J connectivity index is 1.45. The molecule has 19 heavy (non-hydrogen) atoms. The third-order valence-corrected chi connectivity index (χ3v) is 3.44. The number of aromatic amines is 1. The Bertz CT molecular complexity index is 547. The monoisotopic (exact) mass is 260 g/mol. The van der Waals surface area contributed by atoms with Gasteiger partial charge in [-0.25, -0.2) is 0 Å². The van der Waals surface area contributed by atoms with Crippen LogP contribution >= 0.6 is 0 Å². The largest absolute Gasteiger partial charge is 0.397 e. The fourth-order valence-corrected chi connectivity index (χ4v) is 2.09.